The Labute approximate surface area is 113 Å². The van der Waals surface area contributed by atoms with Crippen LogP contribution in [0.1, 0.15) is 26.7 Å². The maximum atomic E-state index is 11.1. The first kappa shape index (κ1) is 14.7. The molecule has 0 N–H and O–H groups in total. The van der Waals surface area contributed by atoms with E-state index in [2.05, 4.69) is 0 Å². The van der Waals surface area contributed by atoms with E-state index in [1.165, 1.54) is 0 Å². The Morgan fingerprint density at radius 3 is 1.83 bits per heavy atom. The molecule has 0 aromatic heterocycles. The van der Waals surface area contributed by atoms with Gasteiger partial charge < -0.3 is 4.90 Å². The summed E-state index contributed by atoms with van der Waals surface area (Å²) in [7, 11) is 0. The Kier molecular flexibility index (Phi) is 5.86. The third-order valence-electron chi connectivity index (χ3n) is 2.66. The van der Waals surface area contributed by atoms with Crippen LogP contribution in [0.15, 0.2) is 24.3 Å². The van der Waals surface area contributed by atoms with Gasteiger partial charge in [-0.15, -0.1) is 0 Å². The van der Waals surface area contributed by atoms with Crippen LogP contribution in [0.25, 0.3) is 0 Å². The number of hydrogen-bond donors (Lipinski definition) is 0. The van der Waals surface area contributed by atoms with Gasteiger partial charge in [-0.05, 0) is 38.1 Å². The smallest absolute Gasteiger partial charge is 0.131 e. The van der Waals surface area contributed by atoms with Crippen LogP contribution in [0.2, 0.25) is 5.02 Å². The zero-order chi connectivity index (χ0) is 13.5. The van der Waals surface area contributed by atoms with E-state index in [4.69, 9.17) is 11.6 Å². The second kappa shape index (κ2) is 7.17. The average molecular weight is 268 g/mol. The normalized spacial score (nSPS) is 10.2. The van der Waals surface area contributed by atoms with E-state index in [9.17, 15) is 9.59 Å². The van der Waals surface area contributed by atoms with Crippen molar-refractivity contribution in [3.63, 3.8) is 0 Å². The Morgan fingerprint density at radius 1 is 1.00 bits per heavy atom. The molecule has 0 aliphatic heterocycles. The van der Waals surface area contributed by atoms with E-state index < -0.39 is 0 Å². The van der Waals surface area contributed by atoms with E-state index in [0.29, 0.717) is 31.0 Å². The molecule has 18 heavy (non-hydrogen) atoms. The Morgan fingerprint density at radius 2 is 1.44 bits per heavy atom. The van der Waals surface area contributed by atoms with E-state index in [1.54, 1.807) is 13.8 Å². The summed E-state index contributed by atoms with van der Waals surface area (Å²) in [5.74, 6) is 0.300. The standard InChI is InChI=1S/C14H18ClNO2/c1-11(17)7-9-16(10-8-12(2)18)14-5-3-13(15)4-6-14/h3-6H,7-10H2,1-2H3. The van der Waals surface area contributed by atoms with Crippen molar-refractivity contribution < 1.29 is 9.59 Å². The number of carbonyl (C=O) groups excluding carboxylic acids is 2. The highest BCUT2D eigenvalue weighted by molar-refractivity contribution is 6.30. The van der Waals surface area contributed by atoms with Crippen LogP contribution < -0.4 is 4.90 Å². The number of Topliss-reactive ketones (excluding diaryl/α,β-unsaturated/α-hetero) is 2. The van der Waals surface area contributed by atoms with Gasteiger partial charge in [-0.3, -0.25) is 9.59 Å². The fourth-order valence-corrected chi connectivity index (χ4v) is 1.73. The monoisotopic (exact) mass is 267 g/mol. The minimum absolute atomic E-state index is 0.150. The number of benzene rings is 1. The Bertz CT molecular complexity index is 396. The maximum Gasteiger partial charge on any atom is 0.131 e. The predicted molar refractivity (Wildman–Crippen MR) is 74.3 cm³/mol. The largest absolute Gasteiger partial charge is 0.371 e. The molecule has 0 unspecified atom stereocenters. The molecule has 1 aromatic rings. The summed E-state index contributed by atoms with van der Waals surface area (Å²) in [4.78, 5) is 24.2. The second-order valence-corrected chi connectivity index (χ2v) is 4.80. The number of rotatable bonds is 7. The summed E-state index contributed by atoms with van der Waals surface area (Å²) in [6, 6.07) is 7.43. The lowest BCUT2D eigenvalue weighted by Crippen LogP contribution is -2.28. The number of nitrogens with zero attached hydrogens (tertiary/aromatic N) is 1. The molecule has 4 heteroatoms. The number of hydrogen-bond acceptors (Lipinski definition) is 3. The number of carbonyl (C=O) groups is 2. The van der Waals surface area contributed by atoms with Crippen molar-refractivity contribution in [1.82, 2.24) is 0 Å². The highest BCUT2D eigenvalue weighted by atomic mass is 35.5. The minimum atomic E-state index is 0.150. The molecule has 0 aliphatic rings. The fraction of sp³-hybridized carbons (Fsp3) is 0.429. The summed E-state index contributed by atoms with van der Waals surface area (Å²) in [6.07, 6.45) is 0.973. The highest BCUT2D eigenvalue weighted by Gasteiger charge is 2.08. The summed E-state index contributed by atoms with van der Waals surface area (Å²) < 4.78 is 0. The van der Waals surface area contributed by atoms with Crippen LogP contribution in [0.5, 0.6) is 0 Å². The average Bonchev–Trinajstić information content (AvgIpc) is 2.30. The van der Waals surface area contributed by atoms with Crippen molar-refractivity contribution in [1.29, 1.82) is 0 Å². The van der Waals surface area contributed by atoms with Crippen LogP contribution in [0.4, 0.5) is 5.69 Å². The van der Waals surface area contributed by atoms with Crippen molar-refractivity contribution >= 4 is 28.9 Å². The quantitative estimate of drug-likeness (QED) is 0.762. The SMILES string of the molecule is CC(=O)CCN(CCC(C)=O)c1ccc(Cl)cc1. The van der Waals surface area contributed by atoms with Crippen LogP contribution in [-0.4, -0.2) is 24.7 Å². The van der Waals surface area contributed by atoms with Gasteiger partial charge in [0, 0.05) is 36.6 Å². The molecule has 0 aliphatic carbocycles. The lowest BCUT2D eigenvalue weighted by atomic mass is 10.2. The molecule has 0 fully saturated rings. The number of anilines is 1. The third-order valence-corrected chi connectivity index (χ3v) is 2.91. The van der Waals surface area contributed by atoms with Crippen molar-refractivity contribution in [3.8, 4) is 0 Å². The van der Waals surface area contributed by atoms with Crippen molar-refractivity contribution in [2.75, 3.05) is 18.0 Å². The van der Waals surface area contributed by atoms with Crippen LogP contribution in [0, 0.1) is 0 Å². The molecule has 98 valence electrons. The predicted octanol–water partition coefficient (Wildman–Crippen LogP) is 3.10. The molecular formula is C14H18ClNO2. The van der Waals surface area contributed by atoms with E-state index in [0.717, 1.165) is 5.69 Å². The lowest BCUT2D eigenvalue weighted by Gasteiger charge is -2.24. The van der Waals surface area contributed by atoms with Gasteiger partial charge >= 0.3 is 0 Å². The highest BCUT2D eigenvalue weighted by Crippen LogP contribution is 2.18. The van der Waals surface area contributed by atoms with Gasteiger partial charge in [0.25, 0.3) is 0 Å². The van der Waals surface area contributed by atoms with Crippen molar-refractivity contribution in [2.24, 2.45) is 0 Å². The molecule has 0 atom stereocenters. The molecule has 1 aromatic carbocycles. The van der Waals surface area contributed by atoms with Crippen LogP contribution >= 0.6 is 11.6 Å². The van der Waals surface area contributed by atoms with Gasteiger partial charge in [-0.25, -0.2) is 0 Å². The Balaban J connectivity index is 2.71. The molecule has 0 bridgehead atoms. The fourth-order valence-electron chi connectivity index (χ4n) is 1.61. The van der Waals surface area contributed by atoms with Gasteiger partial charge in [0.1, 0.15) is 11.6 Å². The summed E-state index contributed by atoms with van der Waals surface area (Å²) >= 11 is 5.84. The van der Waals surface area contributed by atoms with Gasteiger partial charge in [-0.2, -0.15) is 0 Å². The molecular weight excluding hydrogens is 250 g/mol. The molecule has 0 spiro atoms. The van der Waals surface area contributed by atoms with E-state index in [-0.39, 0.29) is 11.6 Å². The van der Waals surface area contributed by atoms with E-state index in [1.807, 2.05) is 29.2 Å². The van der Waals surface area contributed by atoms with Gasteiger partial charge in [0.05, 0.1) is 0 Å². The molecule has 0 radical (unpaired) electrons. The molecule has 1 rings (SSSR count). The molecule has 0 saturated carbocycles. The summed E-state index contributed by atoms with van der Waals surface area (Å²) in [5, 5.41) is 0.678. The minimum Gasteiger partial charge on any atom is -0.371 e. The number of halogens is 1. The topological polar surface area (TPSA) is 37.4 Å². The molecule has 0 saturated heterocycles. The van der Waals surface area contributed by atoms with Gasteiger partial charge in [0.15, 0.2) is 0 Å². The first-order valence-electron chi connectivity index (χ1n) is 5.98. The molecule has 3 nitrogen and oxygen atoms in total. The first-order chi connectivity index (χ1) is 8.49. The summed E-state index contributed by atoms with van der Waals surface area (Å²) in [6.45, 7) is 4.41. The lowest BCUT2D eigenvalue weighted by molar-refractivity contribution is -0.117. The third kappa shape index (κ3) is 5.32. The van der Waals surface area contributed by atoms with Crippen molar-refractivity contribution in [3.05, 3.63) is 29.3 Å². The zero-order valence-electron chi connectivity index (χ0n) is 10.8. The summed E-state index contributed by atoms with van der Waals surface area (Å²) in [5.41, 5.74) is 0.988. The Hall–Kier alpha value is -1.35. The van der Waals surface area contributed by atoms with Gasteiger partial charge in [0.2, 0.25) is 0 Å². The van der Waals surface area contributed by atoms with Crippen molar-refractivity contribution in [2.45, 2.75) is 26.7 Å². The molecule has 0 amide bonds. The number of ketones is 2. The first-order valence-corrected chi connectivity index (χ1v) is 6.36. The molecule has 0 heterocycles. The van der Waals surface area contributed by atoms with Gasteiger partial charge in [-0.1, -0.05) is 11.6 Å². The van der Waals surface area contributed by atoms with Crippen LogP contribution in [-0.2, 0) is 9.59 Å². The van der Waals surface area contributed by atoms with E-state index >= 15 is 0 Å². The maximum absolute atomic E-state index is 11.1. The zero-order valence-corrected chi connectivity index (χ0v) is 11.5. The second-order valence-electron chi connectivity index (χ2n) is 4.37. The van der Waals surface area contributed by atoms with Crippen LogP contribution in [0.3, 0.4) is 0 Å².